The smallest absolute Gasteiger partial charge is 0.262 e. The van der Waals surface area contributed by atoms with Crippen molar-refractivity contribution in [2.24, 2.45) is 0 Å². The van der Waals surface area contributed by atoms with Gasteiger partial charge in [0.15, 0.2) is 6.61 Å². The SMILES string of the molecule is Cc1cccc(OCC(=O)Nc2ccccc2O)c1. The van der Waals surface area contributed by atoms with Gasteiger partial charge in [0, 0.05) is 0 Å². The number of nitrogens with one attached hydrogen (secondary N) is 1. The number of ether oxygens (including phenoxy) is 1. The Bertz CT molecular complexity index is 581. The Morgan fingerprint density at radius 3 is 2.74 bits per heavy atom. The highest BCUT2D eigenvalue weighted by molar-refractivity contribution is 5.93. The van der Waals surface area contributed by atoms with Gasteiger partial charge in [-0.1, -0.05) is 24.3 Å². The summed E-state index contributed by atoms with van der Waals surface area (Å²) >= 11 is 0. The minimum atomic E-state index is -0.317. The Hall–Kier alpha value is -2.49. The largest absolute Gasteiger partial charge is 0.506 e. The number of hydrogen-bond acceptors (Lipinski definition) is 3. The predicted molar refractivity (Wildman–Crippen MR) is 73.4 cm³/mol. The van der Waals surface area contributed by atoms with Crippen molar-refractivity contribution in [1.82, 2.24) is 0 Å². The van der Waals surface area contributed by atoms with Crippen LogP contribution in [0, 0.1) is 6.92 Å². The van der Waals surface area contributed by atoms with E-state index in [9.17, 15) is 9.90 Å². The molecule has 0 heterocycles. The molecule has 19 heavy (non-hydrogen) atoms. The highest BCUT2D eigenvalue weighted by Gasteiger charge is 2.06. The van der Waals surface area contributed by atoms with Crippen LogP contribution in [0.3, 0.4) is 0 Å². The van der Waals surface area contributed by atoms with Crippen LogP contribution in [0.4, 0.5) is 5.69 Å². The van der Waals surface area contributed by atoms with Crippen molar-refractivity contribution < 1.29 is 14.6 Å². The summed E-state index contributed by atoms with van der Waals surface area (Å²) in [6.07, 6.45) is 0. The molecule has 0 saturated heterocycles. The van der Waals surface area contributed by atoms with Gasteiger partial charge in [0.25, 0.3) is 5.91 Å². The molecule has 0 aliphatic rings. The molecule has 0 spiro atoms. The fourth-order valence-corrected chi connectivity index (χ4v) is 1.62. The molecule has 4 heteroatoms. The van der Waals surface area contributed by atoms with Gasteiger partial charge in [-0.25, -0.2) is 0 Å². The van der Waals surface area contributed by atoms with Crippen molar-refractivity contribution in [3.8, 4) is 11.5 Å². The minimum absolute atomic E-state index is 0.0337. The van der Waals surface area contributed by atoms with E-state index in [0.717, 1.165) is 5.56 Å². The number of carbonyl (C=O) groups is 1. The van der Waals surface area contributed by atoms with Gasteiger partial charge in [0.1, 0.15) is 11.5 Å². The first kappa shape index (κ1) is 13.0. The lowest BCUT2D eigenvalue weighted by Crippen LogP contribution is -2.20. The highest BCUT2D eigenvalue weighted by atomic mass is 16.5. The van der Waals surface area contributed by atoms with E-state index in [1.165, 1.54) is 6.07 Å². The van der Waals surface area contributed by atoms with Crippen LogP contribution in [0.1, 0.15) is 5.56 Å². The van der Waals surface area contributed by atoms with Gasteiger partial charge in [-0.05, 0) is 36.8 Å². The number of phenolic OH excluding ortho intramolecular Hbond substituents is 1. The quantitative estimate of drug-likeness (QED) is 0.828. The molecule has 0 aliphatic heterocycles. The number of amides is 1. The van der Waals surface area contributed by atoms with Crippen molar-refractivity contribution in [1.29, 1.82) is 0 Å². The van der Waals surface area contributed by atoms with Crippen LogP contribution in [0.25, 0.3) is 0 Å². The highest BCUT2D eigenvalue weighted by Crippen LogP contribution is 2.21. The van der Waals surface area contributed by atoms with E-state index in [-0.39, 0.29) is 18.3 Å². The first-order valence-electron chi connectivity index (χ1n) is 5.92. The molecule has 2 rings (SSSR count). The number of benzene rings is 2. The fraction of sp³-hybridized carbons (Fsp3) is 0.133. The lowest BCUT2D eigenvalue weighted by Gasteiger charge is -2.08. The molecule has 98 valence electrons. The molecule has 0 aliphatic carbocycles. The van der Waals surface area contributed by atoms with E-state index in [2.05, 4.69) is 5.32 Å². The molecule has 0 bridgehead atoms. The van der Waals surface area contributed by atoms with Crippen LogP contribution >= 0.6 is 0 Å². The first-order valence-corrected chi connectivity index (χ1v) is 5.92. The van der Waals surface area contributed by atoms with E-state index in [1.54, 1.807) is 24.3 Å². The standard InChI is InChI=1S/C15H15NO3/c1-11-5-4-6-12(9-11)19-10-15(18)16-13-7-2-3-8-14(13)17/h2-9,17H,10H2,1H3,(H,16,18). The molecular formula is C15H15NO3. The van der Waals surface area contributed by atoms with E-state index in [0.29, 0.717) is 11.4 Å². The van der Waals surface area contributed by atoms with Crippen molar-refractivity contribution in [3.05, 3.63) is 54.1 Å². The third kappa shape index (κ3) is 3.74. The average Bonchev–Trinajstić information content (AvgIpc) is 2.39. The number of aromatic hydroxyl groups is 1. The molecule has 0 fully saturated rings. The molecular weight excluding hydrogens is 242 g/mol. The normalized spacial score (nSPS) is 9.95. The zero-order valence-electron chi connectivity index (χ0n) is 10.6. The molecule has 0 saturated carbocycles. The first-order chi connectivity index (χ1) is 9.15. The lowest BCUT2D eigenvalue weighted by atomic mass is 10.2. The van der Waals surface area contributed by atoms with Gasteiger partial charge < -0.3 is 15.2 Å². The molecule has 0 radical (unpaired) electrons. The second-order valence-corrected chi connectivity index (χ2v) is 4.17. The van der Waals surface area contributed by atoms with Crippen molar-refractivity contribution in [2.45, 2.75) is 6.92 Å². The fourth-order valence-electron chi connectivity index (χ4n) is 1.62. The number of anilines is 1. The number of para-hydroxylation sites is 2. The minimum Gasteiger partial charge on any atom is -0.506 e. The maximum Gasteiger partial charge on any atom is 0.262 e. The molecule has 0 atom stereocenters. The Morgan fingerprint density at radius 1 is 1.21 bits per heavy atom. The van der Waals surface area contributed by atoms with E-state index >= 15 is 0 Å². The predicted octanol–water partition coefficient (Wildman–Crippen LogP) is 2.72. The van der Waals surface area contributed by atoms with Crippen LogP contribution < -0.4 is 10.1 Å². The van der Waals surface area contributed by atoms with Crippen molar-refractivity contribution in [3.63, 3.8) is 0 Å². The summed E-state index contributed by atoms with van der Waals surface area (Å²) in [5.74, 6) is 0.363. The third-order valence-corrected chi connectivity index (χ3v) is 2.54. The number of phenols is 1. The number of aryl methyl sites for hydroxylation is 1. The zero-order chi connectivity index (χ0) is 13.7. The Balaban J connectivity index is 1.90. The summed E-state index contributed by atoms with van der Waals surface area (Å²) in [4.78, 5) is 11.7. The number of carbonyl (C=O) groups excluding carboxylic acids is 1. The van der Waals surface area contributed by atoms with E-state index in [1.807, 2.05) is 25.1 Å². The summed E-state index contributed by atoms with van der Waals surface area (Å²) in [5.41, 5.74) is 1.44. The van der Waals surface area contributed by atoms with Crippen LogP contribution in [-0.2, 0) is 4.79 Å². The molecule has 2 aromatic rings. The van der Waals surface area contributed by atoms with Crippen molar-refractivity contribution >= 4 is 11.6 Å². The van der Waals surface area contributed by atoms with Crippen LogP contribution in [0.5, 0.6) is 11.5 Å². The molecule has 0 aromatic heterocycles. The molecule has 1 amide bonds. The van der Waals surface area contributed by atoms with Gasteiger partial charge in [-0.15, -0.1) is 0 Å². The second-order valence-electron chi connectivity index (χ2n) is 4.17. The van der Waals surface area contributed by atoms with Gasteiger partial charge in [0.2, 0.25) is 0 Å². The topological polar surface area (TPSA) is 58.6 Å². The summed E-state index contributed by atoms with van der Waals surface area (Å²) in [6.45, 7) is 1.85. The van der Waals surface area contributed by atoms with Crippen LogP contribution in [0.15, 0.2) is 48.5 Å². The summed E-state index contributed by atoms with van der Waals surface area (Å²) in [6, 6.07) is 14.0. The molecule has 0 unspecified atom stereocenters. The maximum absolute atomic E-state index is 11.7. The van der Waals surface area contributed by atoms with Gasteiger partial charge >= 0.3 is 0 Å². The van der Waals surface area contributed by atoms with E-state index < -0.39 is 0 Å². The Morgan fingerprint density at radius 2 is 2.00 bits per heavy atom. The Kier molecular flexibility index (Phi) is 4.03. The summed E-state index contributed by atoms with van der Waals surface area (Å²) < 4.78 is 5.37. The molecule has 2 aromatic carbocycles. The second kappa shape index (κ2) is 5.91. The maximum atomic E-state index is 11.7. The summed E-state index contributed by atoms with van der Waals surface area (Å²) in [7, 11) is 0. The third-order valence-electron chi connectivity index (χ3n) is 2.54. The summed E-state index contributed by atoms with van der Waals surface area (Å²) in [5, 5.41) is 12.1. The zero-order valence-corrected chi connectivity index (χ0v) is 10.6. The average molecular weight is 257 g/mol. The molecule has 4 nitrogen and oxygen atoms in total. The lowest BCUT2D eigenvalue weighted by molar-refractivity contribution is -0.118. The van der Waals surface area contributed by atoms with Gasteiger partial charge in [-0.3, -0.25) is 4.79 Å². The van der Waals surface area contributed by atoms with E-state index in [4.69, 9.17) is 4.74 Å². The monoisotopic (exact) mass is 257 g/mol. The van der Waals surface area contributed by atoms with Crippen LogP contribution in [0.2, 0.25) is 0 Å². The number of rotatable bonds is 4. The Labute approximate surface area is 111 Å². The molecule has 2 N–H and O–H groups in total. The number of hydrogen-bond donors (Lipinski definition) is 2. The van der Waals surface area contributed by atoms with Gasteiger partial charge in [0.05, 0.1) is 5.69 Å². The van der Waals surface area contributed by atoms with Gasteiger partial charge in [-0.2, -0.15) is 0 Å². The van der Waals surface area contributed by atoms with Crippen molar-refractivity contribution in [2.75, 3.05) is 11.9 Å². The van der Waals surface area contributed by atoms with Crippen LogP contribution in [-0.4, -0.2) is 17.6 Å².